The molecule has 3 unspecified atom stereocenters. The van der Waals surface area contributed by atoms with E-state index in [1.165, 1.54) is 11.1 Å². The molecule has 2 aliphatic rings. The minimum atomic E-state index is -0.361. The van der Waals surface area contributed by atoms with Gasteiger partial charge in [0.15, 0.2) is 0 Å². The molecule has 1 N–H and O–H groups in total. The average molecular weight is 336 g/mol. The predicted molar refractivity (Wildman–Crippen MR) is 97.2 cm³/mol. The number of nitrogens with one attached hydrogen (secondary N) is 1. The van der Waals surface area contributed by atoms with Crippen molar-refractivity contribution < 1.29 is 9.66 Å². The molecule has 0 bridgehead atoms. The minimum Gasteiger partial charge on any atom is -0.495 e. The molecule has 5 nitrogen and oxygen atoms in total. The van der Waals surface area contributed by atoms with E-state index >= 15 is 0 Å². The molecule has 1 aliphatic carbocycles. The summed E-state index contributed by atoms with van der Waals surface area (Å²) >= 11 is 0. The van der Waals surface area contributed by atoms with Crippen molar-refractivity contribution in [3.05, 3.63) is 75.4 Å². The maximum Gasteiger partial charge on any atom is 0.269 e. The normalized spacial score (nSPS) is 23.5. The summed E-state index contributed by atoms with van der Waals surface area (Å²) in [5.74, 6) is 1.58. The van der Waals surface area contributed by atoms with Crippen LogP contribution >= 0.6 is 0 Å². The van der Waals surface area contributed by atoms with E-state index in [1.54, 1.807) is 19.2 Å². The Morgan fingerprint density at radius 1 is 1.20 bits per heavy atom. The van der Waals surface area contributed by atoms with Crippen LogP contribution in [0.5, 0.6) is 5.75 Å². The number of allylic oxidation sites excluding steroid dienone is 2. The Kier molecular flexibility index (Phi) is 3.71. The number of aryl methyl sites for hydroxylation is 1. The number of fused-ring (bicyclic) bond motifs is 3. The van der Waals surface area contributed by atoms with E-state index in [1.807, 2.05) is 18.2 Å². The van der Waals surface area contributed by atoms with Gasteiger partial charge in [-0.25, -0.2) is 0 Å². The van der Waals surface area contributed by atoms with Gasteiger partial charge < -0.3 is 10.1 Å². The molecule has 0 spiro atoms. The van der Waals surface area contributed by atoms with Gasteiger partial charge in [-0.1, -0.05) is 30.4 Å². The second-order valence-corrected chi connectivity index (χ2v) is 6.70. The van der Waals surface area contributed by atoms with Gasteiger partial charge in [-0.05, 0) is 42.0 Å². The van der Waals surface area contributed by atoms with E-state index < -0.39 is 0 Å². The van der Waals surface area contributed by atoms with Crippen LogP contribution in [0, 0.1) is 23.0 Å². The van der Waals surface area contributed by atoms with Crippen LogP contribution in [0.2, 0.25) is 0 Å². The number of nitro benzene ring substituents is 1. The quantitative estimate of drug-likeness (QED) is 0.499. The highest BCUT2D eigenvalue weighted by Gasteiger charge is 2.39. The van der Waals surface area contributed by atoms with Gasteiger partial charge in [0.25, 0.3) is 5.69 Å². The summed E-state index contributed by atoms with van der Waals surface area (Å²) in [5.41, 5.74) is 4.79. The van der Waals surface area contributed by atoms with Crippen molar-refractivity contribution in [2.75, 3.05) is 12.4 Å². The van der Waals surface area contributed by atoms with Gasteiger partial charge in [0.05, 0.1) is 23.8 Å². The Balaban J connectivity index is 1.79. The van der Waals surface area contributed by atoms with E-state index in [9.17, 15) is 10.1 Å². The summed E-state index contributed by atoms with van der Waals surface area (Å²) in [6.07, 6.45) is 5.52. The molecular weight excluding hydrogens is 316 g/mol. The first-order valence-electron chi connectivity index (χ1n) is 8.45. The van der Waals surface area contributed by atoms with Crippen molar-refractivity contribution in [3.8, 4) is 5.75 Å². The Labute approximate surface area is 146 Å². The third-order valence-electron chi connectivity index (χ3n) is 5.38. The van der Waals surface area contributed by atoms with Gasteiger partial charge in [-0.15, -0.1) is 0 Å². The van der Waals surface area contributed by atoms with E-state index in [0.29, 0.717) is 11.8 Å². The molecule has 128 valence electrons. The molecule has 2 aromatic rings. The zero-order chi connectivity index (χ0) is 17.6. The van der Waals surface area contributed by atoms with Gasteiger partial charge in [-0.3, -0.25) is 10.1 Å². The standard InChI is InChI=1S/C20H20N2O3/c1-12-6-11-17(25-2)20-18(12)15-4-3-5-16(15)19(21-20)13-7-9-14(10-8-13)22(23)24/h3-4,6-11,15-16,19,21H,5H2,1-2H3. The molecule has 3 atom stereocenters. The Bertz CT molecular complexity index is 858. The molecule has 0 saturated carbocycles. The van der Waals surface area contributed by atoms with Crippen LogP contribution in [-0.2, 0) is 0 Å². The second-order valence-electron chi connectivity index (χ2n) is 6.70. The van der Waals surface area contributed by atoms with Crippen molar-refractivity contribution in [1.29, 1.82) is 0 Å². The number of hydrogen-bond acceptors (Lipinski definition) is 4. The van der Waals surface area contributed by atoms with E-state index in [2.05, 4.69) is 30.5 Å². The summed E-state index contributed by atoms with van der Waals surface area (Å²) in [6.45, 7) is 2.13. The number of nitrogens with zero attached hydrogens (tertiary/aromatic N) is 1. The fraction of sp³-hybridized carbons (Fsp3) is 0.300. The zero-order valence-electron chi connectivity index (χ0n) is 14.2. The number of anilines is 1. The highest BCUT2D eigenvalue weighted by molar-refractivity contribution is 5.69. The summed E-state index contributed by atoms with van der Waals surface area (Å²) in [5, 5.41) is 14.6. The van der Waals surface area contributed by atoms with Crippen LogP contribution in [0.25, 0.3) is 0 Å². The highest BCUT2D eigenvalue weighted by atomic mass is 16.6. The van der Waals surface area contributed by atoms with Crippen molar-refractivity contribution in [2.24, 2.45) is 5.92 Å². The van der Waals surface area contributed by atoms with Gasteiger partial charge in [0.1, 0.15) is 5.75 Å². The second kappa shape index (κ2) is 5.92. The lowest BCUT2D eigenvalue weighted by molar-refractivity contribution is -0.384. The maximum absolute atomic E-state index is 10.9. The van der Waals surface area contributed by atoms with Crippen molar-refractivity contribution in [3.63, 3.8) is 0 Å². The largest absolute Gasteiger partial charge is 0.495 e. The Hall–Kier alpha value is -2.82. The lowest BCUT2D eigenvalue weighted by Gasteiger charge is -2.39. The summed E-state index contributed by atoms with van der Waals surface area (Å²) < 4.78 is 5.57. The van der Waals surface area contributed by atoms with Gasteiger partial charge in [-0.2, -0.15) is 0 Å². The summed E-state index contributed by atoms with van der Waals surface area (Å²) in [7, 11) is 1.68. The smallest absolute Gasteiger partial charge is 0.269 e. The zero-order valence-corrected chi connectivity index (χ0v) is 14.2. The minimum absolute atomic E-state index is 0.101. The van der Waals surface area contributed by atoms with E-state index in [4.69, 9.17) is 4.74 Å². The monoisotopic (exact) mass is 336 g/mol. The summed E-state index contributed by atoms with van der Waals surface area (Å²) in [6, 6.07) is 11.1. The number of rotatable bonds is 3. The molecule has 4 rings (SSSR count). The maximum atomic E-state index is 10.9. The number of ether oxygens (including phenoxy) is 1. The third kappa shape index (κ3) is 2.47. The van der Waals surface area contributed by atoms with Crippen molar-refractivity contribution in [2.45, 2.75) is 25.3 Å². The molecule has 0 amide bonds. The van der Waals surface area contributed by atoms with Crippen LogP contribution in [-0.4, -0.2) is 12.0 Å². The molecular formula is C20H20N2O3. The first-order chi connectivity index (χ1) is 12.1. The van der Waals surface area contributed by atoms with Crippen LogP contribution in [0.3, 0.4) is 0 Å². The van der Waals surface area contributed by atoms with Gasteiger partial charge >= 0.3 is 0 Å². The van der Waals surface area contributed by atoms with Gasteiger partial charge in [0, 0.05) is 18.1 Å². The van der Waals surface area contributed by atoms with E-state index in [-0.39, 0.29) is 16.7 Å². The van der Waals surface area contributed by atoms with E-state index in [0.717, 1.165) is 23.4 Å². The SMILES string of the molecule is COc1ccc(C)c2c1NC(c1ccc([N+](=O)[O-])cc1)C1CC=CC21. The van der Waals surface area contributed by atoms with Crippen LogP contribution in [0.1, 0.15) is 35.1 Å². The van der Waals surface area contributed by atoms with Crippen molar-refractivity contribution in [1.82, 2.24) is 0 Å². The lowest BCUT2D eigenvalue weighted by atomic mass is 9.75. The third-order valence-corrected chi connectivity index (χ3v) is 5.38. The average Bonchev–Trinajstić information content (AvgIpc) is 3.11. The molecule has 2 aromatic carbocycles. The fourth-order valence-electron chi connectivity index (χ4n) is 4.17. The molecule has 0 radical (unpaired) electrons. The molecule has 1 heterocycles. The molecule has 0 saturated heterocycles. The highest BCUT2D eigenvalue weighted by Crippen LogP contribution is 2.53. The Morgan fingerprint density at radius 2 is 1.96 bits per heavy atom. The van der Waals surface area contributed by atoms with Crippen LogP contribution < -0.4 is 10.1 Å². The first-order valence-corrected chi connectivity index (χ1v) is 8.45. The molecule has 0 aromatic heterocycles. The molecule has 1 aliphatic heterocycles. The predicted octanol–water partition coefficient (Wildman–Crippen LogP) is 4.74. The number of benzene rings is 2. The molecule has 5 heteroatoms. The number of non-ortho nitro benzene ring substituents is 1. The summed E-state index contributed by atoms with van der Waals surface area (Å²) in [4.78, 5) is 10.6. The van der Waals surface area contributed by atoms with Gasteiger partial charge in [0.2, 0.25) is 0 Å². The number of hydrogen-bond donors (Lipinski definition) is 1. The Morgan fingerprint density at radius 3 is 2.64 bits per heavy atom. The van der Waals surface area contributed by atoms with Crippen molar-refractivity contribution >= 4 is 11.4 Å². The van der Waals surface area contributed by atoms with Crippen LogP contribution in [0.4, 0.5) is 11.4 Å². The fourth-order valence-corrected chi connectivity index (χ4v) is 4.17. The first kappa shape index (κ1) is 15.7. The molecule has 25 heavy (non-hydrogen) atoms. The number of methoxy groups -OCH3 is 1. The molecule has 0 fully saturated rings. The topological polar surface area (TPSA) is 64.4 Å². The number of nitro groups is 1. The van der Waals surface area contributed by atoms with Crippen LogP contribution in [0.15, 0.2) is 48.6 Å². The lowest BCUT2D eigenvalue weighted by Crippen LogP contribution is -2.30.